The van der Waals surface area contributed by atoms with Crippen LogP contribution in [-0.2, 0) is 6.18 Å². The summed E-state index contributed by atoms with van der Waals surface area (Å²) in [5.41, 5.74) is -3.48. The van der Waals surface area contributed by atoms with Gasteiger partial charge in [-0.25, -0.2) is 4.39 Å². The first kappa shape index (κ1) is 16.3. The van der Waals surface area contributed by atoms with Gasteiger partial charge in [0.15, 0.2) is 0 Å². The Balaban J connectivity index is 2.67. The van der Waals surface area contributed by atoms with Crippen LogP contribution in [0.4, 0.5) is 28.9 Å². The minimum absolute atomic E-state index is 0.277. The quantitative estimate of drug-likeness (QED) is 0.476. The number of hydrogen-bond donors (Lipinski definition) is 0. The van der Waals surface area contributed by atoms with E-state index in [1.54, 1.807) is 0 Å². The molecule has 0 bridgehead atoms. The van der Waals surface area contributed by atoms with Crippen molar-refractivity contribution in [2.24, 2.45) is 0 Å². The van der Waals surface area contributed by atoms with Crippen LogP contribution < -0.4 is 0 Å². The zero-order chi connectivity index (χ0) is 17.4. The number of alkyl halides is 3. The van der Waals surface area contributed by atoms with Crippen LogP contribution in [-0.4, -0.2) is 9.85 Å². The van der Waals surface area contributed by atoms with Crippen LogP contribution in [0, 0.1) is 26.0 Å². The highest BCUT2D eigenvalue weighted by Crippen LogP contribution is 2.37. The first-order chi connectivity index (χ1) is 10.6. The Bertz CT molecular complexity index is 805. The third-order valence-corrected chi connectivity index (χ3v) is 2.97. The van der Waals surface area contributed by atoms with Gasteiger partial charge < -0.3 is 0 Å². The summed E-state index contributed by atoms with van der Waals surface area (Å²) in [6.07, 6.45) is -4.98. The SMILES string of the molecule is O=[N+]([O-])c1ccc(-c2ccc(F)c(C(F)(F)F)c2)c([N+](=O)[O-])c1. The lowest BCUT2D eigenvalue weighted by atomic mass is 10.0. The van der Waals surface area contributed by atoms with Crippen LogP contribution in [0.3, 0.4) is 0 Å². The van der Waals surface area contributed by atoms with Crippen molar-refractivity contribution in [2.45, 2.75) is 6.18 Å². The van der Waals surface area contributed by atoms with Gasteiger partial charge in [-0.1, -0.05) is 6.07 Å². The number of benzene rings is 2. The number of non-ortho nitro benzene ring substituents is 1. The molecule has 0 radical (unpaired) electrons. The maximum absolute atomic E-state index is 13.3. The molecule has 0 aliphatic rings. The number of nitrogens with zero attached hydrogens (tertiary/aromatic N) is 2. The number of nitro benzene ring substituents is 2. The Labute approximate surface area is 125 Å². The Morgan fingerprint density at radius 3 is 2.09 bits per heavy atom. The maximum atomic E-state index is 13.3. The summed E-state index contributed by atoms with van der Waals surface area (Å²) in [7, 11) is 0. The minimum atomic E-state index is -4.98. The Morgan fingerprint density at radius 2 is 1.57 bits per heavy atom. The van der Waals surface area contributed by atoms with Gasteiger partial charge in [-0.2, -0.15) is 13.2 Å². The molecule has 0 unspecified atom stereocenters. The molecule has 6 nitrogen and oxygen atoms in total. The lowest BCUT2D eigenvalue weighted by Gasteiger charge is -2.10. The van der Waals surface area contributed by atoms with Crippen molar-refractivity contribution in [1.82, 2.24) is 0 Å². The van der Waals surface area contributed by atoms with Crippen LogP contribution in [0.15, 0.2) is 36.4 Å². The van der Waals surface area contributed by atoms with E-state index in [9.17, 15) is 37.8 Å². The first-order valence-electron chi connectivity index (χ1n) is 5.91. The molecule has 0 aliphatic heterocycles. The highest BCUT2D eigenvalue weighted by molar-refractivity contribution is 5.75. The summed E-state index contributed by atoms with van der Waals surface area (Å²) in [6.45, 7) is 0. The summed E-state index contributed by atoms with van der Waals surface area (Å²) in [5, 5.41) is 21.6. The molecule has 0 fully saturated rings. The summed E-state index contributed by atoms with van der Waals surface area (Å²) in [5.74, 6) is -1.52. The third kappa shape index (κ3) is 3.25. The second kappa shape index (κ2) is 5.63. The standard InChI is InChI=1S/C13H6F4N2O4/c14-11-4-1-7(5-10(11)13(15,16)17)9-3-2-8(18(20)21)6-12(9)19(22)23/h1-6H. The molecule has 120 valence electrons. The average molecular weight is 330 g/mol. The highest BCUT2D eigenvalue weighted by Gasteiger charge is 2.34. The normalized spacial score (nSPS) is 11.3. The van der Waals surface area contributed by atoms with Crippen LogP contribution in [0.5, 0.6) is 0 Å². The van der Waals surface area contributed by atoms with E-state index < -0.39 is 38.8 Å². The molecular weight excluding hydrogens is 324 g/mol. The molecule has 0 N–H and O–H groups in total. The average Bonchev–Trinajstić information content (AvgIpc) is 2.45. The van der Waals surface area contributed by atoms with Crippen molar-refractivity contribution in [2.75, 3.05) is 0 Å². The number of halogens is 4. The zero-order valence-corrected chi connectivity index (χ0v) is 11.0. The van der Waals surface area contributed by atoms with Crippen molar-refractivity contribution in [3.8, 4) is 11.1 Å². The molecule has 0 amide bonds. The van der Waals surface area contributed by atoms with Crippen LogP contribution in [0.25, 0.3) is 11.1 Å². The number of nitro groups is 2. The lowest BCUT2D eigenvalue weighted by molar-refractivity contribution is -0.393. The Morgan fingerprint density at radius 1 is 0.913 bits per heavy atom. The van der Waals surface area contributed by atoms with Crippen molar-refractivity contribution >= 4 is 11.4 Å². The Hall–Kier alpha value is -3.04. The predicted octanol–water partition coefficient (Wildman–Crippen LogP) is 4.33. The van der Waals surface area contributed by atoms with Gasteiger partial charge in [0.25, 0.3) is 11.4 Å². The second-order valence-electron chi connectivity index (χ2n) is 4.41. The van der Waals surface area contributed by atoms with Gasteiger partial charge >= 0.3 is 6.18 Å². The molecule has 0 aliphatic carbocycles. The van der Waals surface area contributed by atoms with E-state index in [0.717, 1.165) is 18.2 Å². The molecule has 0 spiro atoms. The van der Waals surface area contributed by atoms with E-state index in [4.69, 9.17) is 0 Å². The molecule has 23 heavy (non-hydrogen) atoms. The summed E-state index contributed by atoms with van der Waals surface area (Å²) >= 11 is 0. The fraction of sp³-hybridized carbons (Fsp3) is 0.0769. The molecule has 0 heterocycles. The van der Waals surface area contributed by atoms with E-state index in [2.05, 4.69) is 0 Å². The van der Waals surface area contributed by atoms with Crippen LogP contribution >= 0.6 is 0 Å². The van der Waals surface area contributed by atoms with Crippen LogP contribution in [0.2, 0.25) is 0 Å². The highest BCUT2D eigenvalue weighted by atomic mass is 19.4. The fourth-order valence-electron chi connectivity index (χ4n) is 1.94. The molecule has 0 saturated carbocycles. The summed E-state index contributed by atoms with van der Waals surface area (Å²) in [6, 6.07) is 4.38. The molecule has 10 heteroatoms. The van der Waals surface area contributed by atoms with E-state index in [1.165, 1.54) is 0 Å². The monoisotopic (exact) mass is 330 g/mol. The molecule has 0 atom stereocenters. The molecule has 2 aromatic carbocycles. The topological polar surface area (TPSA) is 86.3 Å². The van der Waals surface area contributed by atoms with Gasteiger partial charge in [0.1, 0.15) is 5.82 Å². The molecule has 0 aromatic heterocycles. The first-order valence-corrected chi connectivity index (χ1v) is 5.91. The van der Waals surface area contributed by atoms with Crippen molar-refractivity contribution in [3.63, 3.8) is 0 Å². The summed E-state index contributed by atoms with van der Waals surface area (Å²) in [4.78, 5) is 19.8. The van der Waals surface area contributed by atoms with E-state index in [1.807, 2.05) is 0 Å². The zero-order valence-electron chi connectivity index (χ0n) is 11.0. The lowest BCUT2D eigenvalue weighted by Crippen LogP contribution is -2.08. The molecule has 0 saturated heterocycles. The van der Waals surface area contributed by atoms with Crippen molar-refractivity contribution < 1.29 is 27.4 Å². The Kier molecular flexibility index (Phi) is 4.00. The molecule has 2 rings (SSSR count). The van der Waals surface area contributed by atoms with Gasteiger partial charge in [-0.3, -0.25) is 20.2 Å². The van der Waals surface area contributed by atoms with Crippen molar-refractivity contribution in [1.29, 1.82) is 0 Å². The maximum Gasteiger partial charge on any atom is 0.419 e. The van der Waals surface area contributed by atoms with Gasteiger partial charge in [-0.05, 0) is 23.8 Å². The largest absolute Gasteiger partial charge is 0.419 e. The van der Waals surface area contributed by atoms with E-state index >= 15 is 0 Å². The van der Waals surface area contributed by atoms with Gasteiger partial charge in [0, 0.05) is 6.07 Å². The summed E-state index contributed by atoms with van der Waals surface area (Å²) < 4.78 is 51.4. The van der Waals surface area contributed by atoms with Crippen LogP contribution in [0.1, 0.15) is 5.56 Å². The van der Waals surface area contributed by atoms with Gasteiger partial charge in [0.2, 0.25) is 0 Å². The fourth-order valence-corrected chi connectivity index (χ4v) is 1.94. The predicted molar refractivity (Wildman–Crippen MR) is 70.1 cm³/mol. The second-order valence-corrected chi connectivity index (χ2v) is 4.41. The van der Waals surface area contributed by atoms with E-state index in [-0.39, 0.29) is 11.1 Å². The van der Waals surface area contributed by atoms with E-state index in [0.29, 0.717) is 18.2 Å². The van der Waals surface area contributed by atoms with Gasteiger partial charge in [-0.15, -0.1) is 0 Å². The molecule has 2 aromatic rings. The number of hydrogen-bond acceptors (Lipinski definition) is 4. The van der Waals surface area contributed by atoms with Gasteiger partial charge in [0.05, 0.1) is 27.0 Å². The molecular formula is C13H6F4N2O4. The minimum Gasteiger partial charge on any atom is -0.258 e. The number of rotatable bonds is 3. The smallest absolute Gasteiger partial charge is 0.258 e. The third-order valence-electron chi connectivity index (χ3n) is 2.97. The van der Waals surface area contributed by atoms with Crippen molar-refractivity contribution in [3.05, 3.63) is 68.0 Å².